The summed E-state index contributed by atoms with van der Waals surface area (Å²) in [4.78, 5) is 0. The molecule has 18 heavy (non-hydrogen) atoms. The summed E-state index contributed by atoms with van der Waals surface area (Å²) in [6.07, 6.45) is 1.74. The van der Waals surface area contributed by atoms with Crippen LogP contribution in [0.5, 0.6) is 0 Å². The summed E-state index contributed by atoms with van der Waals surface area (Å²) in [5.74, 6) is -0.232. The standard InChI is InChI=1S/C15H11FN2/c16-13-8-6-12(7-9-13)15-10-11-17-18(15)14-4-2-1-3-5-14/h1-11H. The molecule has 0 saturated carbocycles. The minimum absolute atomic E-state index is 0.232. The van der Waals surface area contributed by atoms with Crippen molar-refractivity contribution >= 4 is 0 Å². The molecule has 3 heteroatoms. The zero-order valence-electron chi connectivity index (χ0n) is 9.62. The van der Waals surface area contributed by atoms with E-state index >= 15 is 0 Å². The molecule has 0 fully saturated rings. The Labute approximate surface area is 104 Å². The number of aromatic nitrogens is 2. The first kappa shape index (κ1) is 10.7. The molecule has 0 atom stereocenters. The van der Waals surface area contributed by atoms with E-state index in [0.717, 1.165) is 16.9 Å². The average Bonchev–Trinajstić information content (AvgIpc) is 2.90. The molecule has 1 aromatic heterocycles. The summed E-state index contributed by atoms with van der Waals surface area (Å²) in [6, 6.07) is 18.2. The van der Waals surface area contributed by atoms with E-state index in [2.05, 4.69) is 5.10 Å². The molecule has 0 aliphatic heterocycles. The summed E-state index contributed by atoms with van der Waals surface area (Å²) in [5.41, 5.74) is 2.88. The summed E-state index contributed by atoms with van der Waals surface area (Å²) < 4.78 is 14.8. The van der Waals surface area contributed by atoms with Gasteiger partial charge in [-0.15, -0.1) is 0 Å². The molecule has 2 nitrogen and oxygen atoms in total. The van der Waals surface area contributed by atoms with Crippen LogP contribution in [0, 0.1) is 5.82 Å². The van der Waals surface area contributed by atoms with Crippen molar-refractivity contribution in [3.05, 3.63) is 72.7 Å². The fourth-order valence-corrected chi connectivity index (χ4v) is 1.92. The van der Waals surface area contributed by atoms with Crippen molar-refractivity contribution in [2.75, 3.05) is 0 Å². The first-order valence-corrected chi connectivity index (χ1v) is 5.70. The Balaban J connectivity index is 2.10. The molecule has 1 heterocycles. The number of hydrogen-bond acceptors (Lipinski definition) is 1. The van der Waals surface area contributed by atoms with Gasteiger partial charge in [0.25, 0.3) is 0 Å². The second kappa shape index (κ2) is 4.45. The molecule has 0 spiro atoms. The van der Waals surface area contributed by atoms with Crippen molar-refractivity contribution in [3.8, 4) is 16.9 Å². The van der Waals surface area contributed by atoms with Crippen LogP contribution in [0.3, 0.4) is 0 Å². The minimum atomic E-state index is -0.232. The van der Waals surface area contributed by atoms with Gasteiger partial charge in [0.15, 0.2) is 0 Å². The van der Waals surface area contributed by atoms with Gasteiger partial charge in [-0.25, -0.2) is 9.07 Å². The maximum atomic E-state index is 12.9. The third-order valence-corrected chi connectivity index (χ3v) is 2.78. The van der Waals surface area contributed by atoms with Crippen LogP contribution in [-0.4, -0.2) is 9.78 Å². The number of para-hydroxylation sites is 1. The van der Waals surface area contributed by atoms with Gasteiger partial charge in [0.2, 0.25) is 0 Å². The van der Waals surface area contributed by atoms with Gasteiger partial charge in [0.1, 0.15) is 5.82 Å². The van der Waals surface area contributed by atoms with Crippen LogP contribution >= 0.6 is 0 Å². The first-order chi connectivity index (χ1) is 8.84. The molecule has 0 amide bonds. The average molecular weight is 238 g/mol. The van der Waals surface area contributed by atoms with Gasteiger partial charge >= 0.3 is 0 Å². The summed E-state index contributed by atoms with van der Waals surface area (Å²) in [6.45, 7) is 0. The third-order valence-electron chi connectivity index (χ3n) is 2.78. The molecule has 88 valence electrons. The lowest BCUT2D eigenvalue weighted by Crippen LogP contribution is -1.98. The van der Waals surface area contributed by atoms with Crippen molar-refractivity contribution < 1.29 is 4.39 Å². The third kappa shape index (κ3) is 1.91. The fourth-order valence-electron chi connectivity index (χ4n) is 1.92. The monoisotopic (exact) mass is 238 g/mol. The first-order valence-electron chi connectivity index (χ1n) is 5.70. The number of halogens is 1. The predicted molar refractivity (Wildman–Crippen MR) is 69.0 cm³/mol. The predicted octanol–water partition coefficient (Wildman–Crippen LogP) is 3.68. The van der Waals surface area contributed by atoms with Gasteiger partial charge in [-0.2, -0.15) is 5.10 Å². The van der Waals surface area contributed by atoms with Crippen molar-refractivity contribution in [1.82, 2.24) is 9.78 Å². The van der Waals surface area contributed by atoms with Crippen LogP contribution in [0.1, 0.15) is 0 Å². The minimum Gasteiger partial charge on any atom is -0.233 e. The maximum absolute atomic E-state index is 12.9. The SMILES string of the molecule is Fc1ccc(-c2ccnn2-c2ccccc2)cc1. The number of nitrogens with zero attached hydrogens (tertiary/aromatic N) is 2. The highest BCUT2D eigenvalue weighted by atomic mass is 19.1. The van der Waals surface area contributed by atoms with E-state index < -0.39 is 0 Å². The molecule has 0 radical (unpaired) electrons. The van der Waals surface area contributed by atoms with Crippen LogP contribution in [0.15, 0.2) is 66.9 Å². The van der Waals surface area contributed by atoms with E-state index in [1.807, 2.05) is 41.1 Å². The molecular formula is C15H11FN2. The van der Waals surface area contributed by atoms with E-state index in [1.165, 1.54) is 12.1 Å². The van der Waals surface area contributed by atoms with E-state index in [-0.39, 0.29) is 5.82 Å². The largest absolute Gasteiger partial charge is 0.233 e. The summed E-state index contributed by atoms with van der Waals surface area (Å²) in [5, 5.41) is 4.31. The van der Waals surface area contributed by atoms with Crippen molar-refractivity contribution in [3.63, 3.8) is 0 Å². The lowest BCUT2D eigenvalue weighted by Gasteiger charge is -2.07. The molecule has 0 aliphatic carbocycles. The van der Waals surface area contributed by atoms with Crippen molar-refractivity contribution in [2.24, 2.45) is 0 Å². The fraction of sp³-hybridized carbons (Fsp3) is 0. The Hall–Kier alpha value is -2.42. The van der Waals surface area contributed by atoms with Gasteiger partial charge in [-0.3, -0.25) is 0 Å². The summed E-state index contributed by atoms with van der Waals surface area (Å²) >= 11 is 0. The van der Waals surface area contributed by atoms with Crippen LogP contribution in [0.2, 0.25) is 0 Å². The van der Waals surface area contributed by atoms with Gasteiger partial charge in [-0.1, -0.05) is 18.2 Å². The second-order valence-electron chi connectivity index (χ2n) is 3.97. The summed E-state index contributed by atoms with van der Waals surface area (Å²) in [7, 11) is 0. The quantitative estimate of drug-likeness (QED) is 0.666. The Bertz CT molecular complexity index is 642. The van der Waals surface area contributed by atoms with E-state index in [1.54, 1.807) is 18.3 Å². The second-order valence-corrected chi connectivity index (χ2v) is 3.97. The maximum Gasteiger partial charge on any atom is 0.123 e. The zero-order valence-corrected chi connectivity index (χ0v) is 9.62. The van der Waals surface area contributed by atoms with Crippen LogP contribution in [0.4, 0.5) is 4.39 Å². The van der Waals surface area contributed by atoms with Gasteiger partial charge < -0.3 is 0 Å². The highest BCUT2D eigenvalue weighted by Gasteiger charge is 2.06. The highest BCUT2D eigenvalue weighted by molar-refractivity contribution is 5.61. The Morgan fingerprint density at radius 1 is 0.833 bits per heavy atom. The van der Waals surface area contributed by atoms with Crippen LogP contribution < -0.4 is 0 Å². The van der Waals surface area contributed by atoms with Crippen LogP contribution in [0.25, 0.3) is 16.9 Å². The normalized spacial score (nSPS) is 10.5. The number of benzene rings is 2. The van der Waals surface area contributed by atoms with Crippen LogP contribution in [-0.2, 0) is 0 Å². The van der Waals surface area contributed by atoms with Gasteiger partial charge in [0, 0.05) is 5.56 Å². The molecule has 0 bridgehead atoms. The Kier molecular flexibility index (Phi) is 2.65. The smallest absolute Gasteiger partial charge is 0.123 e. The molecule has 0 unspecified atom stereocenters. The molecule has 3 aromatic rings. The number of hydrogen-bond donors (Lipinski definition) is 0. The lowest BCUT2D eigenvalue weighted by molar-refractivity contribution is 0.628. The molecule has 0 N–H and O–H groups in total. The van der Waals surface area contributed by atoms with Crippen molar-refractivity contribution in [2.45, 2.75) is 0 Å². The van der Waals surface area contributed by atoms with E-state index in [4.69, 9.17) is 0 Å². The topological polar surface area (TPSA) is 17.8 Å². The number of rotatable bonds is 2. The van der Waals surface area contributed by atoms with E-state index in [0.29, 0.717) is 0 Å². The lowest BCUT2D eigenvalue weighted by atomic mass is 10.1. The highest BCUT2D eigenvalue weighted by Crippen LogP contribution is 2.22. The molecule has 0 saturated heterocycles. The van der Waals surface area contributed by atoms with Crippen molar-refractivity contribution in [1.29, 1.82) is 0 Å². The zero-order chi connectivity index (χ0) is 12.4. The molecular weight excluding hydrogens is 227 g/mol. The Morgan fingerprint density at radius 2 is 1.56 bits per heavy atom. The Morgan fingerprint density at radius 3 is 2.28 bits per heavy atom. The van der Waals surface area contributed by atoms with Gasteiger partial charge in [-0.05, 0) is 42.5 Å². The van der Waals surface area contributed by atoms with Gasteiger partial charge in [0.05, 0.1) is 17.6 Å². The molecule has 0 aliphatic rings. The molecule has 3 rings (SSSR count). The molecule has 2 aromatic carbocycles. The van der Waals surface area contributed by atoms with E-state index in [9.17, 15) is 4.39 Å².